The Balaban J connectivity index is 2.34. The van der Waals surface area contributed by atoms with Crippen molar-refractivity contribution in [3.63, 3.8) is 0 Å². The normalized spacial score (nSPS) is 10.8. The number of fused-ring (bicyclic) bond motifs is 1. The van der Waals surface area contributed by atoms with E-state index >= 15 is 0 Å². The maximum Gasteiger partial charge on any atom is 0.336 e. The predicted molar refractivity (Wildman–Crippen MR) is 75.6 cm³/mol. The Morgan fingerprint density at radius 2 is 1.74 bits per heavy atom. The van der Waals surface area contributed by atoms with Crippen LogP contribution in [0.25, 0.3) is 22.1 Å². The van der Waals surface area contributed by atoms with Gasteiger partial charge in [0.15, 0.2) is 0 Å². The zero-order chi connectivity index (χ0) is 13.4. The third kappa shape index (κ3) is 2.31. The van der Waals surface area contributed by atoms with E-state index in [1.54, 1.807) is 18.2 Å². The van der Waals surface area contributed by atoms with E-state index in [-0.39, 0.29) is 5.82 Å². The van der Waals surface area contributed by atoms with Crippen LogP contribution in [-0.2, 0) is 0 Å². The molecule has 94 valence electrons. The molecule has 3 rings (SSSR count). The first kappa shape index (κ1) is 12.1. The molecule has 1 heterocycles. The molecule has 0 bridgehead atoms. The van der Waals surface area contributed by atoms with E-state index < -0.39 is 5.63 Å². The van der Waals surface area contributed by atoms with Gasteiger partial charge in [0, 0.05) is 15.9 Å². The van der Waals surface area contributed by atoms with Gasteiger partial charge in [-0.2, -0.15) is 0 Å². The first-order valence-corrected chi connectivity index (χ1v) is 6.42. The molecule has 19 heavy (non-hydrogen) atoms. The van der Waals surface area contributed by atoms with Gasteiger partial charge in [-0.1, -0.05) is 28.1 Å². The van der Waals surface area contributed by atoms with E-state index in [4.69, 9.17) is 4.42 Å². The second-order valence-corrected chi connectivity index (χ2v) is 5.04. The summed E-state index contributed by atoms with van der Waals surface area (Å²) >= 11 is 3.34. The molecule has 0 aliphatic carbocycles. The molecule has 4 heteroatoms. The molecule has 2 nitrogen and oxygen atoms in total. The molecule has 0 aliphatic heterocycles. The lowest BCUT2D eigenvalue weighted by Crippen LogP contribution is -1.98. The Kier molecular flexibility index (Phi) is 2.95. The summed E-state index contributed by atoms with van der Waals surface area (Å²) in [5.74, 6) is -0.307. The van der Waals surface area contributed by atoms with Gasteiger partial charge in [0.1, 0.15) is 11.4 Å². The zero-order valence-corrected chi connectivity index (χ0v) is 11.3. The summed E-state index contributed by atoms with van der Waals surface area (Å²) in [6.07, 6.45) is 0. The van der Waals surface area contributed by atoms with Gasteiger partial charge in [-0.15, -0.1) is 0 Å². The average Bonchev–Trinajstić information content (AvgIpc) is 2.38. The van der Waals surface area contributed by atoms with Crippen LogP contribution in [0, 0.1) is 5.82 Å². The van der Waals surface area contributed by atoms with Crippen LogP contribution in [0.4, 0.5) is 4.39 Å². The summed E-state index contributed by atoms with van der Waals surface area (Å²) < 4.78 is 19.0. The number of halogens is 2. The Bertz CT molecular complexity index is 806. The van der Waals surface area contributed by atoms with Crippen LogP contribution in [0.5, 0.6) is 0 Å². The van der Waals surface area contributed by atoms with Crippen molar-refractivity contribution in [3.05, 3.63) is 69.2 Å². The van der Waals surface area contributed by atoms with Gasteiger partial charge >= 0.3 is 5.63 Å². The van der Waals surface area contributed by atoms with Crippen molar-refractivity contribution in [2.75, 3.05) is 0 Å². The van der Waals surface area contributed by atoms with Crippen LogP contribution >= 0.6 is 15.9 Å². The van der Waals surface area contributed by atoms with Gasteiger partial charge in [-0.05, 0) is 41.5 Å². The predicted octanol–water partition coefficient (Wildman–Crippen LogP) is 4.36. The molecule has 0 spiro atoms. The summed E-state index contributed by atoms with van der Waals surface area (Å²) in [4.78, 5) is 11.6. The molecule has 0 fully saturated rings. The van der Waals surface area contributed by atoms with Gasteiger partial charge < -0.3 is 4.42 Å². The number of benzene rings is 2. The molecule has 2 aromatic carbocycles. The van der Waals surface area contributed by atoms with Crippen molar-refractivity contribution < 1.29 is 8.81 Å². The Hall–Kier alpha value is -1.94. The Morgan fingerprint density at radius 3 is 2.47 bits per heavy atom. The second kappa shape index (κ2) is 4.63. The maximum atomic E-state index is 13.0. The molecular weight excluding hydrogens is 311 g/mol. The van der Waals surface area contributed by atoms with Gasteiger partial charge in [0.2, 0.25) is 0 Å². The van der Waals surface area contributed by atoms with Crippen LogP contribution in [0.1, 0.15) is 0 Å². The van der Waals surface area contributed by atoms with Gasteiger partial charge in [-0.3, -0.25) is 0 Å². The van der Waals surface area contributed by atoms with Crippen molar-refractivity contribution in [3.8, 4) is 11.1 Å². The lowest BCUT2D eigenvalue weighted by atomic mass is 10.0. The molecular formula is C15H8BrFO2. The van der Waals surface area contributed by atoms with Gasteiger partial charge in [0.05, 0.1) is 0 Å². The fourth-order valence-corrected chi connectivity index (χ4v) is 2.34. The molecule has 0 atom stereocenters. The number of hydrogen-bond acceptors (Lipinski definition) is 2. The first-order valence-electron chi connectivity index (χ1n) is 5.63. The monoisotopic (exact) mass is 318 g/mol. The molecule has 0 aliphatic rings. The van der Waals surface area contributed by atoms with E-state index in [1.807, 2.05) is 12.1 Å². The lowest BCUT2D eigenvalue weighted by Gasteiger charge is -2.05. The van der Waals surface area contributed by atoms with Crippen LogP contribution in [0.2, 0.25) is 0 Å². The highest BCUT2D eigenvalue weighted by molar-refractivity contribution is 9.10. The third-order valence-corrected chi connectivity index (χ3v) is 3.36. The van der Waals surface area contributed by atoms with Gasteiger partial charge in [-0.25, -0.2) is 9.18 Å². The molecule has 0 N–H and O–H groups in total. The summed E-state index contributed by atoms with van der Waals surface area (Å²) in [5.41, 5.74) is 1.59. The molecule has 0 unspecified atom stereocenters. The minimum Gasteiger partial charge on any atom is -0.423 e. The van der Waals surface area contributed by atoms with Crippen molar-refractivity contribution >= 4 is 26.9 Å². The van der Waals surface area contributed by atoms with Crippen molar-refractivity contribution in [1.82, 2.24) is 0 Å². The quantitative estimate of drug-likeness (QED) is 0.624. The van der Waals surface area contributed by atoms with Crippen LogP contribution in [0.3, 0.4) is 0 Å². The molecule has 3 aromatic rings. The largest absolute Gasteiger partial charge is 0.423 e. The first-order chi connectivity index (χ1) is 9.13. The highest BCUT2D eigenvalue weighted by Crippen LogP contribution is 2.29. The second-order valence-electron chi connectivity index (χ2n) is 4.13. The van der Waals surface area contributed by atoms with Crippen molar-refractivity contribution in [2.24, 2.45) is 0 Å². The minimum absolute atomic E-state index is 0.307. The van der Waals surface area contributed by atoms with Gasteiger partial charge in [0.25, 0.3) is 0 Å². The fourth-order valence-electron chi connectivity index (χ4n) is 2.00. The third-order valence-electron chi connectivity index (χ3n) is 2.86. The SMILES string of the molecule is O=c1cc(-c2ccc(F)cc2)c2ccc(Br)cc2o1. The van der Waals surface area contributed by atoms with Crippen molar-refractivity contribution in [2.45, 2.75) is 0 Å². The highest BCUT2D eigenvalue weighted by Gasteiger charge is 2.08. The Labute approximate surface area is 116 Å². The van der Waals surface area contributed by atoms with Crippen LogP contribution < -0.4 is 5.63 Å². The minimum atomic E-state index is -0.426. The maximum absolute atomic E-state index is 13.0. The lowest BCUT2D eigenvalue weighted by molar-refractivity contribution is 0.561. The van der Waals surface area contributed by atoms with Crippen LogP contribution in [-0.4, -0.2) is 0 Å². The van der Waals surface area contributed by atoms with Crippen LogP contribution in [0.15, 0.2) is 62.2 Å². The molecule has 0 amide bonds. The number of hydrogen-bond donors (Lipinski definition) is 0. The average molecular weight is 319 g/mol. The summed E-state index contributed by atoms with van der Waals surface area (Å²) in [5, 5.41) is 0.814. The van der Waals surface area contributed by atoms with E-state index in [0.717, 1.165) is 21.0 Å². The molecule has 0 saturated carbocycles. The summed E-state index contributed by atoms with van der Waals surface area (Å²) in [6, 6.07) is 12.9. The van der Waals surface area contributed by atoms with E-state index in [0.29, 0.717) is 5.58 Å². The topological polar surface area (TPSA) is 30.2 Å². The van der Waals surface area contributed by atoms with E-state index in [2.05, 4.69) is 15.9 Å². The number of rotatable bonds is 1. The standard InChI is InChI=1S/C15H8BrFO2/c16-10-3-6-12-13(8-15(18)19-14(12)7-10)9-1-4-11(17)5-2-9/h1-8H. The molecule has 1 aromatic heterocycles. The molecule has 0 saturated heterocycles. The molecule has 0 radical (unpaired) electrons. The zero-order valence-electron chi connectivity index (χ0n) is 9.69. The highest BCUT2D eigenvalue weighted by atomic mass is 79.9. The fraction of sp³-hybridized carbons (Fsp3) is 0. The smallest absolute Gasteiger partial charge is 0.336 e. The van der Waals surface area contributed by atoms with Crippen molar-refractivity contribution in [1.29, 1.82) is 0 Å². The summed E-state index contributed by atoms with van der Waals surface area (Å²) in [7, 11) is 0. The Morgan fingerprint density at radius 1 is 1.00 bits per heavy atom. The summed E-state index contributed by atoms with van der Waals surface area (Å²) in [6.45, 7) is 0. The van der Waals surface area contributed by atoms with E-state index in [1.165, 1.54) is 18.2 Å². The van der Waals surface area contributed by atoms with E-state index in [9.17, 15) is 9.18 Å².